The van der Waals surface area contributed by atoms with Crippen molar-refractivity contribution in [1.29, 1.82) is 0 Å². The summed E-state index contributed by atoms with van der Waals surface area (Å²) >= 11 is 0. The molecule has 4 heteroatoms. The third-order valence-electron chi connectivity index (χ3n) is 0. The maximum absolute atomic E-state index is 0. The SMILES string of the molecule is Cl.I.[Ar].[NaH]. The van der Waals surface area contributed by atoms with Crippen molar-refractivity contribution >= 4 is 65.9 Å². The van der Waals surface area contributed by atoms with E-state index in [1.54, 1.807) is 0 Å². The average molecular weight is 228 g/mol. The van der Waals surface area contributed by atoms with Gasteiger partial charge in [-0.15, -0.1) is 36.4 Å². The summed E-state index contributed by atoms with van der Waals surface area (Å²) in [7, 11) is 0. The molecule has 0 unspecified atom stereocenters. The van der Waals surface area contributed by atoms with Gasteiger partial charge in [0.1, 0.15) is 0 Å². The summed E-state index contributed by atoms with van der Waals surface area (Å²) in [5, 5.41) is 0. The van der Waals surface area contributed by atoms with Crippen LogP contribution in [0.4, 0.5) is 0 Å². The van der Waals surface area contributed by atoms with Crippen molar-refractivity contribution in [2.75, 3.05) is 0 Å². The zero-order valence-electron chi connectivity index (χ0n) is 1.17. The zero-order valence-corrected chi connectivity index (χ0v) is 5.02. The Morgan fingerprint density at radius 1 is 1.00 bits per heavy atom. The standard InChI is InChI=1S/Ar.ClH.HI.Na.H/h;2*1H;;. The number of hydrogen-bond donors (Lipinski definition) is 0. The minimum absolute atomic E-state index is 0. The molecule has 0 aliphatic rings. The van der Waals surface area contributed by atoms with E-state index in [1.165, 1.54) is 0 Å². The van der Waals surface area contributed by atoms with E-state index in [4.69, 9.17) is 0 Å². The van der Waals surface area contributed by atoms with Crippen LogP contribution in [0, 0.1) is 37.7 Å². The molecule has 0 aromatic heterocycles. The predicted octanol–water partition coefficient (Wildman–Crippen LogP) is 0.391. The molecule has 0 bridgehead atoms. The second-order valence-electron chi connectivity index (χ2n) is 0. The Morgan fingerprint density at radius 3 is 1.00 bits per heavy atom. The molecule has 0 aliphatic carbocycles. The normalized spacial score (nSPS) is 0. The first-order chi connectivity index (χ1) is 0. The molecule has 0 heterocycles. The molecule has 0 nitrogen and oxygen atoms in total. The molecule has 4 heavy (non-hydrogen) atoms. The van der Waals surface area contributed by atoms with Crippen LogP contribution < -0.4 is 0 Å². The Balaban J connectivity index is 0. The van der Waals surface area contributed by atoms with E-state index < -0.39 is 0 Å². The summed E-state index contributed by atoms with van der Waals surface area (Å²) in [5.74, 6) is 0. The van der Waals surface area contributed by atoms with Crippen molar-refractivity contribution in [2.24, 2.45) is 0 Å². The van der Waals surface area contributed by atoms with Gasteiger partial charge in [0.05, 0.1) is 0 Å². The van der Waals surface area contributed by atoms with Crippen LogP contribution >= 0.6 is 36.4 Å². The Morgan fingerprint density at radius 2 is 1.00 bits per heavy atom. The molecule has 0 aromatic carbocycles. The van der Waals surface area contributed by atoms with Gasteiger partial charge in [0.15, 0.2) is 0 Å². The van der Waals surface area contributed by atoms with E-state index in [0.29, 0.717) is 0 Å². The summed E-state index contributed by atoms with van der Waals surface area (Å²) in [4.78, 5) is 0. The molecule has 0 amide bonds. The first-order valence-electron chi connectivity index (χ1n) is 0. The van der Waals surface area contributed by atoms with Crippen LogP contribution in [-0.2, 0) is 0 Å². The molecule has 0 aliphatic heterocycles. The van der Waals surface area contributed by atoms with Crippen LogP contribution in [0.15, 0.2) is 0 Å². The average Bonchev–Trinajstić information content (AvgIpc) is 0. The van der Waals surface area contributed by atoms with Crippen LogP contribution in [-0.4, -0.2) is 29.6 Å². The van der Waals surface area contributed by atoms with Gasteiger partial charge in [-0.3, -0.25) is 0 Å². The maximum atomic E-state index is 0. The molecule has 0 aromatic rings. The van der Waals surface area contributed by atoms with E-state index in [1.807, 2.05) is 0 Å². The van der Waals surface area contributed by atoms with Gasteiger partial charge < -0.3 is 0 Å². The van der Waals surface area contributed by atoms with Gasteiger partial charge in [-0.05, 0) is 0 Å². The molecular formula is H3ArClINa. The molecule has 0 saturated heterocycles. The summed E-state index contributed by atoms with van der Waals surface area (Å²) < 4.78 is 0. The van der Waals surface area contributed by atoms with Crippen molar-refractivity contribution in [3.05, 3.63) is 0 Å². The van der Waals surface area contributed by atoms with Gasteiger partial charge in [-0.1, -0.05) is 0 Å². The van der Waals surface area contributed by atoms with Crippen molar-refractivity contribution in [3.63, 3.8) is 0 Å². The molecular weight excluding hydrogens is 225 g/mol. The van der Waals surface area contributed by atoms with Crippen molar-refractivity contribution in [3.8, 4) is 0 Å². The van der Waals surface area contributed by atoms with Gasteiger partial charge in [0.25, 0.3) is 0 Å². The summed E-state index contributed by atoms with van der Waals surface area (Å²) in [6.07, 6.45) is 0. The van der Waals surface area contributed by atoms with Crippen LogP contribution in [0.3, 0.4) is 0 Å². The Bertz CT molecular complexity index is 8.00. The second kappa shape index (κ2) is 16.3. The molecule has 0 atom stereocenters. The topological polar surface area (TPSA) is 0 Å². The molecule has 26 valence electrons. The van der Waals surface area contributed by atoms with Crippen molar-refractivity contribution < 1.29 is 37.7 Å². The molecule has 0 spiro atoms. The van der Waals surface area contributed by atoms with Gasteiger partial charge in [0.2, 0.25) is 0 Å². The van der Waals surface area contributed by atoms with Gasteiger partial charge in [0, 0.05) is 37.7 Å². The van der Waals surface area contributed by atoms with E-state index >= 15 is 0 Å². The predicted molar refractivity (Wildman–Crippen MR) is 29.8 cm³/mol. The number of halogens is 2. The third-order valence-corrected chi connectivity index (χ3v) is 0. The minimum atomic E-state index is 0. The second-order valence-corrected chi connectivity index (χ2v) is 0. The zero-order chi connectivity index (χ0) is 0. The van der Waals surface area contributed by atoms with Crippen molar-refractivity contribution in [1.82, 2.24) is 0 Å². The van der Waals surface area contributed by atoms with Crippen LogP contribution in [0.25, 0.3) is 0 Å². The number of rotatable bonds is 0. The summed E-state index contributed by atoms with van der Waals surface area (Å²) in [6, 6.07) is 0. The van der Waals surface area contributed by atoms with E-state index in [9.17, 15) is 0 Å². The van der Waals surface area contributed by atoms with E-state index in [-0.39, 0.29) is 104 Å². The quantitative estimate of drug-likeness (QED) is 0.416. The van der Waals surface area contributed by atoms with E-state index in [2.05, 4.69) is 0 Å². The van der Waals surface area contributed by atoms with Crippen LogP contribution in [0.1, 0.15) is 0 Å². The van der Waals surface area contributed by atoms with Gasteiger partial charge in [-0.25, -0.2) is 0 Å². The molecule has 0 saturated carbocycles. The molecule has 0 fully saturated rings. The Kier molecular flexibility index (Phi) is 109. The monoisotopic (exact) mass is 228 g/mol. The summed E-state index contributed by atoms with van der Waals surface area (Å²) in [5.41, 5.74) is 0. The Hall–Kier alpha value is 3.28. The van der Waals surface area contributed by atoms with Crippen molar-refractivity contribution in [2.45, 2.75) is 0 Å². The van der Waals surface area contributed by atoms with Crippen LogP contribution in [0.5, 0.6) is 0 Å². The van der Waals surface area contributed by atoms with Gasteiger partial charge in [-0.2, -0.15) is 0 Å². The fraction of sp³-hybridized carbons (Fsp3) is 0. The fourth-order valence-electron chi connectivity index (χ4n) is 0. The Labute approximate surface area is 101 Å². The first-order valence-corrected chi connectivity index (χ1v) is 0. The van der Waals surface area contributed by atoms with Crippen LogP contribution in [0.2, 0.25) is 0 Å². The molecule has 0 N–H and O–H groups in total. The fourth-order valence-corrected chi connectivity index (χ4v) is 0. The molecule has 0 rings (SSSR count). The van der Waals surface area contributed by atoms with Gasteiger partial charge >= 0.3 is 29.6 Å². The third kappa shape index (κ3) is 8.99. The summed E-state index contributed by atoms with van der Waals surface area (Å²) in [6.45, 7) is 0. The number of hydrogen-bond acceptors (Lipinski definition) is 0. The van der Waals surface area contributed by atoms with E-state index in [0.717, 1.165) is 0 Å². The first kappa shape index (κ1) is 26.7. The molecule has 0 radical (unpaired) electrons.